The molecule has 1 fully saturated rings. The maximum atomic E-state index is 11.2. The fourth-order valence-corrected chi connectivity index (χ4v) is 2.53. The number of carbonyl (C=O) groups is 1. The van der Waals surface area contributed by atoms with E-state index in [0.717, 1.165) is 13.0 Å². The highest BCUT2D eigenvalue weighted by molar-refractivity contribution is 6.31. The summed E-state index contributed by atoms with van der Waals surface area (Å²) in [6.07, 6.45) is 0.509. The molecular formula is C13H16ClNO3. The van der Waals surface area contributed by atoms with Gasteiger partial charge in [0.2, 0.25) is 0 Å². The van der Waals surface area contributed by atoms with Crippen LogP contribution in [0.1, 0.15) is 23.7 Å². The van der Waals surface area contributed by atoms with E-state index < -0.39 is 5.97 Å². The summed E-state index contributed by atoms with van der Waals surface area (Å²) in [5, 5.41) is 19.2. The first-order chi connectivity index (χ1) is 8.49. The fourth-order valence-electron chi connectivity index (χ4n) is 2.36. The average Bonchev–Trinajstić information content (AvgIpc) is 2.78. The van der Waals surface area contributed by atoms with Crippen LogP contribution in [0.15, 0.2) is 18.2 Å². The number of aromatic carboxylic acids is 1. The molecule has 0 saturated carbocycles. The fraction of sp³-hybridized carbons (Fsp3) is 0.462. The molecule has 0 bridgehead atoms. The third-order valence-electron chi connectivity index (χ3n) is 3.44. The zero-order chi connectivity index (χ0) is 13.3. The molecule has 1 heterocycles. The Morgan fingerprint density at radius 1 is 1.56 bits per heavy atom. The average molecular weight is 270 g/mol. The molecule has 0 amide bonds. The van der Waals surface area contributed by atoms with Crippen LogP contribution in [-0.2, 0) is 0 Å². The largest absolute Gasteiger partial charge is 0.478 e. The molecule has 1 aliphatic heterocycles. The molecule has 2 rings (SSSR count). The highest BCUT2D eigenvalue weighted by atomic mass is 35.5. The van der Waals surface area contributed by atoms with Crippen molar-refractivity contribution in [1.82, 2.24) is 0 Å². The van der Waals surface area contributed by atoms with Crippen LogP contribution in [0.3, 0.4) is 0 Å². The summed E-state index contributed by atoms with van der Waals surface area (Å²) in [6, 6.07) is 4.89. The third kappa shape index (κ3) is 2.60. The van der Waals surface area contributed by atoms with Crippen molar-refractivity contribution in [1.29, 1.82) is 0 Å². The topological polar surface area (TPSA) is 60.8 Å². The minimum Gasteiger partial charge on any atom is -0.478 e. The lowest BCUT2D eigenvalue weighted by Gasteiger charge is -2.21. The Morgan fingerprint density at radius 2 is 2.28 bits per heavy atom. The van der Waals surface area contributed by atoms with Gasteiger partial charge < -0.3 is 15.1 Å². The van der Waals surface area contributed by atoms with Gasteiger partial charge in [-0.15, -0.1) is 0 Å². The van der Waals surface area contributed by atoms with Crippen molar-refractivity contribution in [3.05, 3.63) is 28.8 Å². The van der Waals surface area contributed by atoms with Crippen LogP contribution in [-0.4, -0.2) is 35.4 Å². The van der Waals surface area contributed by atoms with Crippen molar-refractivity contribution < 1.29 is 15.0 Å². The van der Waals surface area contributed by atoms with E-state index in [1.165, 1.54) is 6.07 Å². The first-order valence-corrected chi connectivity index (χ1v) is 6.32. The van der Waals surface area contributed by atoms with E-state index in [1.807, 2.05) is 4.90 Å². The Morgan fingerprint density at radius 3 is 2.83 bits per heavy atom. The Bertz CT molecular complexity index is 462. The minimum absolute atomic E-state index is 0.197. The van der Waals surface area contributed by atoms with Gasteiger partial charge in [0.1, 0.15) is 0 Å². The standard InChI is InChI=1S/C13H16ClNO3/c1-8(16)9-4-5-15(7-9)12-3-2-10(14)6-11(12)13(17)18/h2-3,6,8-9,16H,4-5,7H2,1H3,(H,17,18). The molecule has 1 aromatic rings. The Balaban J connectivity index is 2.27. The summed E-state index contributed by atoms with van der Waals surface area (Å²) >= 11 is 5.82. The van der Waals surface area contributed by atoms with E-state index in [9.17, 15) is 15.0 Å². The van der Waals surface area contributed by atoms with E-state index in [2.05, 4.69) is 0 Å². The zero-order valence-electron chi connectivity index (χ0n) is 10.1. The van der Waals surface area contributed by atoms with Crippen LogP contribution in [0, 0.1) is 5.92 Å². The van der Waals surface area contributed by atoms with Crippen LogP contribution in [0.25, 0.3) is 0 Å². The van der Waals surface area contributed by atoms with Gasteiger partial charge >= 0.3 is 5.97 Å². The Kier molecular flexibility index (Phi) is 3.78. The molecule has 2 N–H and O–H groups in total. The smallest absolute Gasteiger partial charge is 0.337 e. The predicted molar refractivity (Wildman–Crippen MR) is 70.4 cm³/mol. The maximum Gasteiger partial charge on any atom is 0.337 e. The van der Waals surface area contributed by atoms with E-state index in [1.54, 1.807) is 19.1 Å². The molecule has 5 heteroatoms. The highest BCUT2D eigenvalue weighted by Gasteiger charge is 2.28. The number of aliphatic hydroxyl groups excluding tert-OH is 1. The molecule has 0 aromatic heterocycles. The van der Waals surface area contributed by atoms with Gasteiger partial charge in [-0.1, -0.05) is 11.6 Å². The number of hydrogen-bond acceptors (Lipinski definition) is 3. The van der Waals surface area contributed by atoms with E-state index in [-0.39, 0.29) is 17.6 Å². The van der Waals surface area contributed by atoms with Crippen molar-refractivity contribution in [2.75, 3.05) is 18.0 Å². The Labute approximate surface area is 111 Å². The molecule has 2 atom stereocenters. The minimum atomic E-state index is -0.979. The first-order valence-electron chi connectivity index (χ1n) is 5.95. The van der Waals surface area contributed by atoms with Gasteiger partial charge in [-0.2, -0.15) is 0 Å². The number of hydrogen-bond donors (Lipinski definition) is 2. The summed E-state index contributed by atoms with van der Waals surface area (Å²) in [7, 11) is 0. The molecule has 2 unspecified atom stereocenters. The quantitative estimate of drug-likeness (QED) is 0.884. The molecule has 0 radical (unpaired) electrons. The van der Waals surface area contributed by atoms with Gasteiger partial charge in [-0.25, -0.2) is 4.79 Å². The van der Waals surface area contributed by atoms with E-state index in [0.29, 0.717) is 17.3 Å². The van der Waals surface area contributed by atoms with Crippen LogP contribution in [0.4, 0.5) is 5.69 Å². The van der Waals surface area contributed by atoms with Gasteiger partial charge in [0, 0.05) is 24.0 Å². The summed E-state index contributed by atoms with van der Waals surface area (Å²) in [6.45, 7) is 3.21. The van der Waals surface area contributed by atoms with Crippen molar-refractivity contribution in [2.24, 2.45) is 5.92 Å². The van der Waals surface area contributed by atoms with Crippen LogP contribution < -0.4 is 4.90 Å². The molecule has 1 saturated heterocycles. The number of carboxylic acids is 1. The summed E-state index contributed by atoms with van der Waals surface area (Å²) in [4.78, 5) is 13.2. The van der Waals surface area contributed by atoms with Gasteiger partial charge in [-0.3, -0.25) is 0 Å². The lowest BCUT2D eigenvalue weighted by atomic mass is 10.0. The number of rotatable bonds is 3. The summed E-state index contributed by atoms with van der Waals surface area (Å²) in [5.41, 5.74) is 0.892. The predicted octanol–water partition coefficient (Wildman–Crippen LogP) is 2.25. The van der Waals surface area contributed by atoms with E-state index in [4.69, 9.17) is 11.6 Å². The lowest BCUT2D eigenvalue weighted by molar-refractivity contribution is 0.0697. The molecule has 1 aromatic carbocycles. The molecular weight excluding hydrogens is 254 g/mol. The first kappa shape index (κ1) is 13.2. The summed E-state index contributed by atoms with van der Waals surface area (Å²) < 4.78 is 0. The lowest BCUT2D eigenvalue weighted by Crippen LogP contribution is -2.25. The molecule has 0 aliphatic carbocycles. The van der Waals surface area contributed by atoms with Crippen molar-refractivity contribution in [2.45, 2.75) is 19.4 Å². The normalized spacial score (nSPS) is 21.1. The number of anilines is 1. The van der Waals surface area contributed by atoms with Crippen LogP contribution in [0.5, 0.6) is 0 Å². The second-order valence-electron chi connectivity index (χ2n) is 4.70. The van der Waals surface area contributed by atoms with Crippen LogP contribution in [0.2, 0.25) is 5.02 Å². The monoisotopic (exact) mass is 269 g/mol. The number of benzene rings is 1. The number of carboxylic acid groups (broad SMARTS) is 1. The van der Waals surface area contributed by atoms with E-state index >= 15 is 0 Å². The molecule has 98 valence electrons. The van der Waals surface area contributed by atoms with Gasteiger partial charge in [0.25, 0.3) is 0 Å². The van der Waals surface area contributed by atoms with Crippen molar-refractivity contribution in [3.63, 3.8) is 0 Å². The number of aliphatic hydroxyl groups is 1. The second kappa shape index (κ2) is 5.16. The second-order valence-corrected chi connectivity index (χ2v) is 5.14. The maximum absolute atomic E-state index is 11.2. The highest BCUT2D eigenvalue weighted by Crippen LogP contribution is 2.30. The SMILES string of the molecule is CC(O)C1CCN(c2ccc(Cl)cc2C(=O)O)C1. The van der Waals surface area contributed by atoms with Crippen molar-refractivity contribution in [3.8, 4) is 0 Å². The number of halogens is 1. The molecule has 4 nitrogen and oxygen atoms in total. The van der Waals surface area contributed by atoms with Gasteiger partial charge in [0.05, 0.1) is 17.4 Å². The molecule has 1 aliphatic rings. The van der Waals surface area contributed by atoms with Crippen molar-refractivity contribution >= 4 is 23.3 Å². The summed E-state index contributed by atoms with van der Waals surface area (Å²) in [5.74, 6) is -0.782. The molecule has 0 spiro atoms. The van der Waals surface area contributed by atoms with Gasteiger partial charge in [0.15, 0.2) is 0 Å². The Hall–Kier alpha value is -1.26. The van der Waals surface area contributed by atoms with Gasteiger partial charge in [-0.05, 0) is 31.5 Å². The zero-order valence-corrected chi connectivity index (χ0v) is 10.9. The third-order valence-corrected chi connectivity index (χ3v) is 3.67. The molecule has 18 heavy (non-hydrogen) atoms. The van der Waals surface area contributed by atoms with Crippen LogP contribution >= 0.6 is 11.6 Å². The number of nitrogens with zero attached hydrogens (tertiary/aromatic N) is 1.